The number of benzene rings is 2. The maximum absolute atomic E-state index is 12.7. The summed E-state index contributed by atoms with van der Waals surface area (Å²) in [5.74, 6) is -1.11. The van der Waals surface area contributed by atoms with Gasteiger partial charge >= 0.3 is 5.97 Å². The molecule has 2 aromatic carbocycles. The summed E-state index contributed by atoms with van der Waals surface area (Å²) in [5.41, 5.74) is 1.39. The van der Waals surface area contributed by atoms with Gasteiger partial charge in [-0.1, -0.05) is 37.6 Å². The number of rotatable bonds is 6. The van der Waals surface area contributed by atoms with Crippen LogP contribution in [0.15, 0.2) is 54.6 Å². The lowest BCUT2D eigenvalue weighted by molar-refractivity contribution is 0.0696. The van der Waals surface area contributed by atoms with Crippen LogP contribution in [0.2, 0.25) is 0 Å². The molecular weight excluding hydrogens is 278 g/mol. The van der Waals surface area contributed by atoms with Crippen molar-refractivity contribution in [3.8, 4) is 0 Å². The van der Waals surface area contributed by atoms with Crippen molar-refractivity contribution in [2.24, 2.45) is 0 Å². The van der Waals surface area contributed by atoms with Gasteiger partial charge in [0.2, 0.25) is 0 Å². The van der Waals surface area contributed by atoms with Gasteiger partial charge in [0.05, 0.1) is 5.56 Å². The molecule has 0 aliphatic carbocycles. The summed E-state index contributed by atoms with van der Waals surface area (Å²) in [4.78, 5) is 25.5. The minimum atomic E-state index is -0.996. The Morgan fingerprint density at radius 1 is 1.00 bits per heavy atom. The molecule has 0 aliphatic heterocycles. The standard InChI is InChI=1S/C18H19NO3/c1-2-3-12-19(17(20)14-8-5-4-6-9-14)16-11-7-10-15(13-16)18(21)22/h4-11,13H,2-3,12H2,1H3,(H,21,22). The molecule has 1 N–H and O–H groups in total. The van der Waals surface area contributed by atoms with E-state index in [2.05, 4.69) is 6.92 Å². The number of carbonyl (C=O) groups excluding carboxylic acids is 1. The highest BCUT2D eigenvalue weighted by atomic mass is 16.4. The van der Waals surface area contributed by atoms with Crippen LogP contribution in [-0.4, -0.2) is 23.5 Å². The lowest BCUT2D eigenvalue weighted by Crippen LogP contribution is -2.32. The van der Waals surface area contributed by atoms with Crippen molar-refractivity contribution in [3.63, 3.8) is 0 Å². The Labute approximate surface area is 130 Å². The van der Waals surface area contributed by atoms with Crippen molar-refractivity contribution in [1.29, 1.82) is 0 Å². The maximum atomic E-state index is 12.7. The van der Waals surface area contributed by atoms with Gasteiger partial charge in [-0.2, -0.15) is 0 Å². The number of hydrogen-bond donors (Lipinski definition) is 1. The molecule has 0 saturated heterocycles. The highest BCUT2D eigenvalue weighted by molar-refractivity contribution is 6.06. The third-order valence-electron chi connectivity index (χ3n) is 3.41. The van der Waals surface area contributed by atoms with E-state index < -0.39 is 5.97 Å². The van der Waals surface area contributed by atoms with Crippen LogP contribution >= 0.6 is 0 Å². The van der Waals surface area contributed by atoms with Crippen molar-refractivity contribution in [1.82, 2.24) is 0 Å². The maximum Gasteiger partial charge on any atom is 0.335 e. The summed E-state index contributed by atoms with van der Waals surface area (Å²) in [6, 6.07) is 15.5. The van der Waals surface area contributed by atoms with Crippen molar-refractivity contribution in [2.45, 2.75) is 19.8 Å². The first kappa shape index (κ1) is 15.8. The van der Waals surface area contributed by atoms with Gasteiger partial charge in [-0.25, -0.2) is 4.79 Å². The largest absolute Gasteiger partial charge is 0.478 e. The van der Waals surface area contributed by atoms with Crippen molar-refractivity contribution >= 4 is 17.6 Å². The molecule has 0 radical (unpaired) electrons. The molecule has 0 aromatic heterocycles. The van der Waals surface area contributed by atoms with Gasteiger partial charge < -0.3 is 10.0 Å². The monoisotopic (exact) mass is 297 g/mol. The molecule has 0 saturated carbocycles. The zero-order valence-electron chi connectivity index (χ0n) is 12.5. The van der Waals surface area contributed by atoms with Crippen LogP contribution < -0.4 is 4.90 Å². The predicted octanol–water partition coefficient (Wildman–Crippen LogP) is 3.83. The fraction of sp³-hybridized carbons (Fsp3) is 0.222. The summed E-state index contributed by atoms with van der Waals surface area (Å²) >= 11 is 0. The van der Waals surface area contributed by atoms with E-state index in [1.54, 1.807) is 35.2 Å². The van der Waals surface area contributed by atoms with Crippen molar-refractivity contribution < 1.29 is 14.7 Å². The Bertz CT molecular complexity index is 652. The van der Waals surface area contributed by atoms with Crippen LogP contribution in [0.4, 0.5) is 5.69 Å². The molecule has 0 unspecified atom stereocenters. The van der Waals surface area contributed by atoms with Crippen LogP contribution in [0.25, 0.3) is 0 Å². The third kappa shape index (κ3) is 3.73. The molecule has 2 rings (SSSR count). The summed E-state index contributed by atoms with van der Waals surface area (Å²) in [7, 11) is 0. The average molecular weight is 297 g/mol. The summed E-state index contributed by atoms with van der Waals surface area (Å²) < 4.78 is 0. The van der Waals surface area contributed by atoms with Crippen LogP contribution in [0, 0.1) is 0 Å². The van der Waals surface area contributed by atoms with Gasteiger partial charge in [-0.3, -0.25) is 4.79 Å². The number of aromatic carboxylic acids is 1. The minimum absolute atomic E-state index is 0.114. The zero-order valence-corrected chi connectivity index (χ0v) is 12.5. The second kappa shape index (κ2) is 7.41. The lowest BCUT2D eigenvalue weighted by Gasteiger charge is -2.23. The fourth-order valence-electron chi connectivity index (χ4n) is 2.21. The van der Waals surface area contributed by atoms with Gasteiger partial charge in [0.15, 0.2) is 0 Å². The number of amides is 1. The number of carbonyl (C=O) groups is 2. The lowest BCUT2D eigenvalue weighted by atomic mass is 10.1. The normalized spacial score (nSPS) is 10.2. The Hall–Kier alpha value is -2.62. The van der Waals surface area contributed by atoms with Crippen LogP contribution in [0.5, 0.6) is 0 Å². The molecule has 2 aromatic rings. The number of carboxylic acid groups (broad SMARTS) is 1. The summed E-state index contributed by atoms with van der Waals surface area (Å²) in [5, 5.41) is 9.12. The average Bonchev–Trinajstić information content (AvgIpc) is 2.56. The van der Waals surface area contributed by atoms with E-state index in [-0.39, 0.29) is 11.5 Å². The zero-order chi connectivity index (χ0) is 15.9. The number of hydrogen-bond acceptors (Lipinski definition) is 2. The number of carboxylic acids is 1. The molecule has 1 amide bonds. The molecule has 22 heavy (non-hydrogen) atoms. The van der Waals surface area contributed by atoms with E-state index in [4.69, 9.17) is 5.11 Å². The third-order valence-corrected chi connectivity index (χ3v) is 3.41. The molecule has 4 nitrogen and oxygen atoms in total. The number of anilines is 1. The van der Waals surface area contributed by atoms with E-state index in [9.17, 15) is 9.59 Å². The second-order valence-electron chi connectivity index (χ2n) is 5.03. The molecule has 0 heterocycles. The minimum Gasteiger partial charge on any atom is -0.478 e. The van der Waals surface area contributed by atoms with Crippen LogP contribution in [0.1, 0.15) is 40.5 Å². The quantitative estimate of drug-likeness (QED) is 0.881. The molecule has 0 spiro atoms. The van der Waals surface area contributed by atoms with Crippen LogP contribution in [0.3, 0.4) is 0 Å². The Kier molecular flexibility index (Phi) is 5.31. The Morgan fingerprint density at radius 2 is 1.68 bits per heavy atom. The summed E-state index contributed by atoms with van der Waals surface area (Å²) in [6.07, 6.45) is 1.81. The van der Waals surface area contributed by atoms with Gasteiger partial charge in [-0.05, 0) is 36.8 Å². The van der Waals surface area contributed by atoms with Gasteiger partial charge in [0.25, 0.3) is 5.91 Å². The molecule has 0 aliphatic rings. The van der Waals surface area contributed by atoms with E-state index in [0.717, 1.165) is 12.8 Å². The highest BCUT2D eigenvalue weighted by Gasteiger charge is 2.18. The first-order valence-electron chi connectivity index (χ1n) is 7.33. The van der Waals surface area contributed by atoms with Gasteiger partial charge in [-0.15, -0.1) is 0 Å². The molecule has 114 valence electrons. The van der Waals surface area contributed by atoms with Crippen molar-refractivity contribution in [3.05, 3.63) is 65.7 Å². The molecule has 0 bridgehead atoms. The van der Waals surface area contributed by atoms with Crippen LogP contribution in [-0.2, 0) is 0 Å². The smallest absolute Gasteiger partial charge is 0.335 e. The van der Waals surface area contributed by atoms with Crippen molar-refractivity contribution in [2.75, 3.05) is 11.4 Å². The topological polar surface area (TPSA) is 57.6 Å². The first-order chi connectivity index (χ1) is 10.6. The summed E-state index contributed by atoms with van der Waals surface area (Å²) in [6.45, 7) is 2.62. The number of nitrogens with zero attached hydrogens (tertiary/aromatic N) is 1. The SMILES string of the molecule is CCCCN(C(=O)c1ccccc1)c1cccc(C(=O)O)c1. The number of unbranched alkanes of at least 4 members (excludes halogenated alkanes) is 1. The molecule has 0 atom stereocenters. The van der Waals surface area contributed by atoms with E-state index >= 15 is 0 Å². The second-order valence-corrected chi connectivity index (χ2v) is 5.03. The van der Waals surface area contributed by atoms with Gasteiger partial charge in [0, 0.05) is 17.8 Å². The first-order valence-corrected chi connectivity index (χ1v) is 7.33. The van der Waals surface area contributed by atoms with E-state index in [0.29, 0.717) is 17.8 Å². The molecule has 4 heteroatoms. The Morgan fingerprint density at radius 3 is 2.32 bits per heavy atom. The Balaban J connectivity index is 2.35. The fourth-order valence-corrected chi connectivity index (χ4v) is 2.21. The highest BCUT2D eigenvalue weighted by Crippen LogP contribution is 2.20. The molecule has 0 fully saturated rings. The van der Waals surface area contributed by atoms with Gasteiger partial charge in [0.1, 0.15) is 0 Å². The predicted molar refractivity (Wildman–Crippen MR) is 86.4 cm³/mol. The van der Waals surface area contributed by atoms with E-state index in [1.165, 1.54) is 6.07 Å². The van der Waals surface area contributed by atoms with E-state index in [1.807, 2.05) is 18.2 Å². The molecular formula is C18H19NO3.